The molecule has 0 unspecified atom stereocenters. The molecule has 1 saturated carbocycles. The summed E-state index contributed by atoms with van der Waals surface area (Å²) in [5.74, 6) is 1.51. The highest BCUT2D eigenvalue weighted by atomic mass is 32.1. The van der Waals surface area contributed by atoms with Crippen LogP contribution in [0.1, 0.15) is 32.6 Å². The molecule has 2 heterocycles. The zero-order valence-electron chi connectivity index (χ0n) is 15.7. The van der Waals surface area contributed by atoms with E-state index in [1.807, 2.05) is 0 Å². The molecule has 0 radical (unpaired) electrons. The number of thiophene rings is 1. The number of anilines is 1. The zero-order chi connectivity index (χ0) is 18.2. The molecule has 6 nitrogen and oxygen atoms in total. The van der Waals surface area contributed by atoms with Crippen LogP contribution in [-0.2, 0) is 4.79 Å². The number of carbonyl (C=O) groups excluding carboxylic acids is 1. The molecular formula is C19H31N5OS. The second-order valence-corrected chi connectivity index (χ2v) is 7.86. The van der Waals surface area contributed by atoms with Gasteiger partial charge in [-0.15, -0.1) is 11.3 Å². The number of hydrogen-bond donors (Lipinski definition) is 2. The van der Waals surface area contributed by atoms with Crippen LogP contribution >= 0.6 is 11.3 Å². The maximum absolute atomic E-state index is 11.8. The van der Waals surface area contributed by atoms with Crippen LogP contribution in [-0.4, -0.2) is 62.6 Å². The van der Waals surface area contributed by atoms with Gasteiger partial charge < -0.3 is 20.4 Å². The van der Waals surface area contributed by atoms with E-state index in [1.54, 1.807) is 11.3 Å². The van der Waals surface area contributed by atoms with Crippen molar-refractivity contribution in [2.45, 2.75) is 32.6 Å². The number of piperazine rings is 1. The van der Waals surface area contributed by atoms with Crippen LogP contribution in [0.5, 0.6) is 0 Å². The summed E-state index contributed by atoms with van der Waals surface area (Å²) in [4.78, 5) is 21.4. The Morgan fingerprint density at radius 2 is 2.08 bits per heavy atom. The lowest BCUT2D eigenvalue weighted by Crippen LogP contribution is -2.52. The second-order valence-electron chi connectivity index (χ2n) is 6.93. The lowest BCUT2D eigenvalue weighted by atomic mass is 9.85. The van der Waals surface area contributed by atoms with Gasteiger partial charge in [0.25, 0.3) is 0 Å². The topological polar surface area (TPSA) is 60.0 Å². The molecule has 1 saturated heterocycles. The Balaban J connectivity index is 1.40. The van der Waals surface area contributed by atoms with Crippen LogP contribution in [0.3, 0.4) is 0 Å². The second kappa shape index (κ2) is 9.80. The highest BCUT2D eigenvalue weighted by molar-refractivity contribution is 7.14. The van der Waals surface area contributed by atoms with Gasteiger partial charge in [0.05, 0.1) is 5.00 Å². The monoisotopic (exact) mass is 377 g/mol. The van der Waals surface area contributed by atoms with Gasteiger partial charge in [-0.3, -0.25) is 9.79 Å². The van der Waals surface area contributed by atoms with Crippen molar-refractivity contribution >= 4 is 28.2 Å². The summed E-state index contributed by atoms with van der Waals surface area (Å²) in [6.45, 7) is 8.50. The number of amides is 1. The number of rotatable bonds is 7. The maximum Gasteiger partial charge on any atom is 0.223 e. The average Bonchev–Trinajstić information content (AvgIpc) is 3.14. The van der Waals surface area contributed by atoms with Crippen LogP contribution in [0.4, 0.5) is 5.00 Å². The summed E-state index contributed by atoms with van der Waals surface area (Å²) in [5, 5.41) is 9.95. The number of nitrogens with zero attached hydrogens (tertiary/aromatic N) is 3. The van der Waals surface area contributed by atoms with Gasteiger partial charge in [0.1, 0.15) is 0 Å². The third-order valence-corrected chi connectivity index (χ3v) is 6.03. The number of guanidine groups is 1. The molecular weight excluding hydrogens is 346 g/mol. The SMILES string of the molecule is CCNC(=NCCCNC(=O)C1CCC1)N1CCN(c2cccs2)CC1. The number of aliphatic imine (C=N–C) groups is 1. The fourth-order valence-corrected chi connectivity index (χ4v) is 4.09. The predicted molar refractivity (Wildman–Crippen MR) is 109 cm³/mol. The lowest BCUT2D eigenvalue weighted by molar-refractivity contribution is -0.127. The molecule has 0 bridgehead atoms. The molecule has 1 aliphatic carbocycles. The molecule has 144 valence electrons. The van der Waals surface area contributed by atoms with Gasteiger partial charge in [0.15, 0.2) is 5.96 Å². The van der Waals surface area contributed by atoms with Crippen LogP contribution in [0, 0.1) is 5.92 Å². The van der Waals surface area contributed by atoms with E-state index >= 15 is 0 Å². The van der Waals surface area contributed by atoms with E-state index in [9.17, 15) is 4.79 Å². The number of nitrogens with one attached hydrogen (secondary N) is 2. The largest absolute Gasteiger partial charge is 0.360 e. The van der Waals surface area contributed by atoms with Crippen molar-refractivity contribution in [3.63, 3.8) is 0 Å². The molecule has 26 heavy (non-hydrogen) atoms. The normalized spacial score (nSPS) is 18.6. The fourth-order valence-electron chi connectivity index (χ4n) is 3.30. The predicted octanol–water partition coefficient (Wildman–Crippen LogP) is 2.14. The fraction of sp³-hybridized carbons (Fsp3) is 0.684. The third kappa shape index (κ3) is 5.13. The Hall–Kier alpha value is -1.76. The smallest absolute Gasteiger partial charge is 0.223 e. The van der Waals surface area contributed by atoms with Crippen molar-refractivity contribution < 1.29 is 4.79 Å². The molecule has 3 rings (SSSR count). The van der Waals surface area contributed by atoms with Gasteiger partial charge in [-0.05, 0) is 43.7 Å². The molecule has 0 atom stereocenters. The van der Waals surface area contributed by atoms with Crippen LogP contribution in [0.15, 0.2) is 22.5 Å². The van der Waals surface area contributed by atoms with Gasteiger partial charge in [0, 0.05) is 51.7 Å². The molecule has 1 aliphatic heterocycles. The molecule has 7 heteroatoms. The summed E-state index contributed by atoms with van der Waals surface area (Å²) in [6, 6.07) is 4.30. The highest BCUT2D eigenvalue weighted by Crippen LogP contribution is 2.26. The van der Waals surface area contributed by atoms with Crippen molar-refractivity contribution in [1.82, 2.24) is 15.5 Å². The van der Waals surface area contributed by atoms with Crippen LogP contribution in [0.25, 0.3) is 0 Å². The summed E-state index contributed by atoms with van der Waals surface area (Å²) in [7, 11) is 0. The quantitative estimate of drug-likeness (QED) is 0.434. The van der Waals surface area contributed by atoms with Crippen molar-refractivity contribution in [3.8, 4) is 0 Å². The van der Waals surface area contributed by atoms with E-state index in [0.29, 0.717) is 0 Å². The summed E-state index contributed by atoms with van der Waals surface area (Å²) >= 11 is 1.81. The Bertz CT molecular complexity index is 577. The van der Waals surface area contributed by atoms with E-state index in [-0.39, 0.29) is 11.8 Å². The third-order valence-electron chi connectivity index (χ3n) is 5.10. The molecule has 0 spiro atoms. The van der Waals surface area contributed by atoms with E-state index in [4.69, 9.17) is 4.99 Å². The van der Waals surface area contributed by atoms with Crippen molar-refractivity contribution in [2.75, 3.05) is 50.7 Å². The van der Waals surface area contributed by atoms with Crippen molar-refractivity contribution in [1.29, 1.82) is 0 Å². The lowest BCUT2D eigenvalue weighted by Gasteiger charge is -2.37. The van der Waals surface area contributed by atoms with Gasteiger partial charge in [-0.25, -0.2) is 0 Å². The molecule has 2 aliphatic rings. The standard InChI is InChI=1S/C19H31N5OS/c1-2-20-19(22-10-5-9-21-18(25)16-6-3-7-16)24-13-11-23(12-14-24)17-8-4-15-26-17/h4,8,15-16H,2-3,5-7,9-14H2,1H3,(H,20,22)(H,21,25). The average molecular weight is 378 g/mol. The molecule has 1 amide bonds. The molecule has 1 aromatic rings. The highest BCUT2D eigenvalue weighted by Gasteiger charge is 2.24. The van der Waals surface area contributed by atoms with E-state index < -0.39 is 0 Å². The van der Waals surface area contributed by atoms with Gasteiger partial charge in [0.2, 0.25) is 5.91 Å². The van der Waals surface area contributed by atoms with Gasteiger partial charge >= 0.3 is 0 Å². The first-order chi connectivity index (χ1) is 12.8. The Kier molecular flexibility index (Phi) is 7.17. The minimum Gasteiger partial charge on any atom is -0.360 e. The van der Waals surface area contributed by atoms with E-state index in [0.717, 1.165) is 71.0 Å². The van der Waals surface area contributed by atoms with E-state index in [2.05, 4.69) is 44.9 Å². The van der Waals surface area contributed by atoms with Crippen molar-refractivity contribution in [2.24, 2.45) is 10.9 Å². The minimum absolute atomic E-state index is 0.233. The Morgan fingerprint density at radius 1 is 1.27 bits per heavy atom. The first kappa shape index (κ1) is 19.0. The summed E-state index contributed by atoms with van der Waals surface area (Å²) in [6.07, 6.45) is 4.22. The van der Waals surface area contributed by atoms with Gasteiger partial charge in [-0.1, -0.05) is 6.42 Å². The van der Waals surface area contributed by atoms with Crippen LogP contribution < -0.4 is 15.5 Å². The van der Waals surface area contributed by atoms with E-state index in [1.165, 1.54) is 11.4 Å². The first-order valence-electron chi connectivity index (χ1n) is 9.87. The van der Waals surface area contributed by atoms with Gasteiger partial charge in [-0.2, -0.15) is 0 Å². The number of carbonyl (C=O) groups is 1. The molecule has 2 N–H and O–H groups in total. The zero-order valence-corrected chi connectivity index (χ0v) is 16.6. The minimum atomic E-state index is 0.233. The molecule has 1 aromatic heterocycles. The summed E-state index contributed by atoms with van der Waals surface area (Å²) in [5.41, 5.74) is 0. The maximum atomic E-state index is 11.8. The molecule has 0 aromatic carbocycles. The van der Waals surface area contributed by atoms with Crippen LogP contribution in [0.2, 0.25) is 0 Å². The summed E-state index contributed by atoms with van der Waals surface area (Å²) < 4.78 is 0. The first-order valence-corrected chi connectivity index (χ1v) is 10.8. The van der Waals surface area contributed by atoms with Crippen molar-refractivity contribution in [3.05, 3.63) is 17.5 Å². The Labute approximate surface area is 160 Å². The molecule has 2 fully saturated rings. The number of hydrogen-bond acceptors (Lipinski definition) is 4. The Morgan fingerprint density at radius 3 is 2.69 bits per heavy atom.